The molecule has 0 aromatic carbocycles. The summed E-state index contributed by atoms with van der Waals surface area (Å²) in [4.78, 5) is 13.1. The van der Waals surface area contributed by atoms with Gasteiger partial charge in [0.25, 0.3) is 0 Å². The molecule has 0 fully saturated rings. The minimum atomic E-state index is -0.831. The van der Waals surface area contributed by atoms with Crippen molar-refractivity contribution in [2.75, 3.05) is 29.3 Å². The zero-order valence-corrected chi connectivity index (χ0v) is 20.8. The molecule has 0 bridgehead atoms. The summed E-state index contributed by atoms with van der Waals surface area (Å²) in [6, 6.07) is 0. The number of anilines is 3. The van der Waals surface area contributed by atoms with Crippen molar-refractivity contribution in [2.45, 2.75) is 99.4 Å². The van der Waals surface area contributed by atoms with Gasteiger partial charge in [0, 0.05) is 5.54 Å². The quantitative estimate of drug-likeness (QED) is 0.258. The van der Waals surface area contributed by atoms with Crippen LogP contribution in [0.25, 0.3) is 0 Å². The second-order valence-electron chi connectivity index (χ2n) is 11.4. The fourth-order valence-electron chi connectivity index (χ4n) is 2.54. The SMILES string of the molecule is CC(C)(C)COCNc1nc(NC(O)CCCC(O)C(C)(C)C)nc(NC(C)(C)C)n1. The molecule has 0 spiro atoms. The van der Waals surface area contributed by atoms with Crippen LogP contribution in [0.3, 0.4) is 0 Å². The van der Waals surface area contributed by atoms with Gasteiger partial charge in [-0.25, -0.2) is 0 Å². The topological polar surface area (TPSA) is 124 Å². The van der Waals surface area contributed by atoms with Crippen LogP contribution in [0, 0.1) is 10.8 Å². The summed E-state index contributed by atoms with van der Waals surface area (Å²) in [5.74, 6) is 1.02. The molecule has 1 aromatic rings. The standard InChI is InChI=1S/C22H44N6O3/c1-20(2,3)13-31-14-23-17-25-18(27-19(26-17)28-22(7,8)9)24-16(30)12-10-11-15(29)21(4,5)6/h15-16,29-30H,10-14H2,1-9H3,(H3,23,24,25,26,27,28). The number of nitrogens with one attached hydrogen (secondary N) is 3. The zero-order chi connectivity index (χ0) is 23.9. The second-order valence-corrected chi connectivity index (χ2v) is 11.4. The number of aliphatic hydroxyl groups is 2. The molecule has 0 saturated heterocycles. The van der Waals surface area contributed by atoms with Gasteiger partial charge in [0.15, 0.2) is 0 Å². The first-order chi connectivity index (χ1) is 14.0. The number of nitrogens with zero attached hydrogens (tertiary/aromatic N) is 3. The van der Waals surface area contributed by atoms with Gasteiger partial charge in [-0.2, -0.15) is 15.0 Å². The van der Waals surface area contributed by atoms with Crippen LogP contribution in [-0.2, 0) is 4.74 Å². The van der Waals surface area contributed by atoms with E-state index in [2.05, 4.69) is 51.7 Å². The molecule has 9 heteroatoms. The number of rotatable bonds is 11. The van der Waals surface area contributed by atoms with E-state index < -0.39 is 12.3 Å². The monoisotopic (exact) mass is 440 g/mol. The lowest BCUT2D eigenvalue weighted by atomic mass is 9.86. The first-order valence-corrected chi connectivity index (χ1v) is 11.0. The number of aromatic nitrogens is 3. The van der Waals surface area contributed by atoms with Gasteiger partial charge in [0.05, 0.1) is 12.7 Å². The van der Waals surface area contributed by atoms with Crippen LogP contribution < -0.4 is 16.0 Å². The van der Waals surface area contributed by atoms with Gasteiger partial charge in [-0.15, -0.1) is 0 Å². The number of aliphatic hydroxyl groups excluding tert-OH is 2. The molecule has 31 heavy (non-hydrogen) atoms. The van der Waals surface area contributed by atoms with Crippen LogP contribution in [0.1, 0.15) is 81.6 Å². The molecule has 0 aliphatic carbocycles. The van der Waals surface area contributed by atoms with Crippen molar-refractivity contribution in [1.82, 2.24) is 15.0 Å². The molecule has 1 heterocycles. The van der Waals surface area contributed by atoms with Gasteiger partial charge >= 0.3 is 0 Å². The average molecular weight is 441 g/mol. The molecule has 0 saturated carbocycles. The van der Waals surface area contributed by atoms with Crippen molar-refractivity contribution in [2.24, 2.45) is 10.8 Å². The van der Waals surface area contributed by atoms with Crippen LogP contribution in [-0.4, -0.2) is 56.4 Å². The van der Waals surface area contributed by atoms with E-state index in [-0.39, 0.29) is 29.0 Å². The molecule has 2 atom stereocenters. The lowest BCUT2D eigenvalue weighted by Crippen LogP contribution is -2.29. The third-order valence-corrected chi connectivity index (χ3v) is 4.24. The van der Waals surface area contributed by atoms with Crippen molar-refractivity contribution in [3.05, 3.63) is 0 Å². The minimum absolute atomic E-state index is 0.0666. The Balaban J connectivity index is 2.74. The van der Waals surface area contributed by atoms with E-state index >= 15 is 0 Å². The Labute approximate surface area is 187 Å². The van der Waals surface area contributed by atoms with Crippen molar-refractivity contribution in [3.8, 4) is 0 Å². The Kier molecular flexibility index (Phi) is 9.91. The summed E-state index contributed by atoms with van der Waals surface area (Å²) < 4.78 is 5.64. The maximum Gasteiger partial charge on any atom is 0.231 e. The van der Waals surface area contributed by atoms with Crippen LogP contribution in [0.2, 0.25) is 0 Å². The highest BCUT2D eigenvalue weighted by molar-refractivity contribution is 5.43. The lowest BCUT2D eigenvalue weighted by molar-refractivity contribution is 0.0502. The van der Waals surface area contributed by atoms with E-state index in [0.29, 0.717) is 37.8 Å². The Morgan fingerprint density at radius 3 is 1.97 bits per heavy atom. The zero-order valence-electron chi connectivity index (χ0n) is 20.8. The third-order valence-electron chi connectivity index (χ3n) is 4.24. The predicted octanol–water partition coefficient (Wildman–Crippen LogP) is 3.82. The Bertz CT molecular complexity index is 665. The van der Waals surface area contributed by atoms with Crippen LogP contribution in [0.5, 0.6) is 0 Å². The van der Waals surface area contributed by atoms with Crippen LogP contribution in [0.15, 0.2) is 0 Å². The Hall–Kier alpha value is -1.71. The molecule has 9 nitrogen and oxygen atoms in total. The number of ether oxygens (including phenoxy) is 1. The van der Waals surface area contributed by atoms with E-state index in [9.17, 15) is 10.2 Å². The summed E-state index contributed by atoms with van der Waals surface area (Å²) in [6.07, 6.45) is 0.522. The van der Waals surface area contributed by atoms with E-state index in [0.717, 1.165) is 0 Å². The highest BCUT2D eigenvalue weighted by Gasteiger charge is 2.22. The predicted molar refractivity (Wildman–Crippen MR) is 126 cm³/mol. The summed E-state index contributed by atoms with van der Waals surface area (Å²) >= 11 is 0. The molecular formula is C22H44N6O3. The fraction of sp³-hybridized carbons (Fsp3) is 0.864. The van der Waals surface area contributed by atoms with Crippen molar-refractivity contribution in [3.63, 3.8) is 0 Å². The van der Waals surface area contributed by atoms with Gasteiger partial charge in [-0.05, 0) is 50.9 Å². The molecule has 0 aliphatic heterocycles. The van der Waals surface area contributed by atoms with E-state index in [1.807, 2.05) is 41.5 Å². The first kappa shape index (κ1) is 27.3. The van der Waals surface area contributed by atoms with Gasteiger partial charge in [-0.1, -0.05) is 41.5 Å². The summed E-state index contributed by atoms with van der Waals surface area (Å²) in [7, 11) is 0. The molecule has 180 valence electrons. The third kappa shape index (κ3) is 12.7. The van der Waals surface area contributed by atoms with Gasteiger partial charge in [0.2, 0.25) is 17.8 Å². The summed E-state index contributed by atoms with van der Waals surface area (Å²) in [5.41, 5.74) is -0.340. The second kappa shape index (κ2) is 11.2. The Morgan fingerprint density at radius 2 is 1.42 bits per heavy atom. The maximum atomic E-state index is 10.4. The minimum Gasteiger partial charge on any atom is -0.393 e. The highest BCUT2D eigenvalue weighted by atomic mass is 16.5. The molecule has 0 amide bonds. The molecule has 1 rings (SSSR count). The molecular weight excluding hydrogens is 396 g/mol. The van der Waals surface area contributed by atoms with Crippen molar-refractivity contribution >= 4 is 17.8 Å². The average Bonchev–Trinajstić information content (AvgIpc) is 2.55. The van der Waals surface area contributed by atoms with E-state index in [1.54, 1.807) is 0 Å². The first-order valence-electron chi connectivity index (χ1n) is 11.0. The summed E-state index contributed by atoms with van der Waals surface area (Å²) in [5, 5.41) is 29.7. The maximum absolute atomic E-state index is 10.4. The summed E-state index contributed by atoms with van der Waals surface area (Å²) in [6.45, 7) is 19.2. The van der Waals surface area contributed by atoms with Gasteiger partial charge < -0.3 is 30.9 Å². The molecule has 0 aliphatic rings. The van der Waals surface area contributed by atoms with Gasteiger partial charge in [-0.3, -0.25) is 0 Å². The molecule has 5 N–H and O–H groups in total. The van der Waals surface area contributed by atoms with Gasteiger partial charge in [0.1, 0.15) is 13.0 Å². The normalized spacial score (nSPS) is 14.8. The number of hydrogen-bond donors (Lipinski definition) is 5. The van der Waals surface area contributed by atoms with Crippen LogP contribution in [0.4, 0.5) is 17.8 Å². The molecule has 1 aromatic heterocycles. The van der Waals surface area contributed by atoms with E-state index in [4.69, 9.17) is 4.74 Å². The molecule has 2 unspecified atom stereocenters. The fourth-order valence-corrected chi connectivity index (χ4v) is 2.54. The van der Waals surface area contributed by atoms with Crippen LogP contribution >= 0.6 is 0 Å². The molecule has 0 radical (unpaired) electrons. The largest absolute Gasteiger partial charge is 0.393 e. The smallest absolute Gasteiger partial charge is 0.231 e. The Morgan fingerprint density at radius 1 is 0.839 bits per heavy atom. The van der Waals surface area contributed by atoms with E-state index in [1.165, 1.54) is 0 Å². The number of hydrogen-bond acceptors (Lipinski definition) is 9. The van der Waals surface area contributed by atoms with Crippen molar-refractivity contribution < 1.29 is 14.9 Å². The van der Waals surface area contributed by atoms with Crippen molar-refractivity contribution in [1.29, 1.82) is 0 Å². The highest BCUT2D eigenvalue weighted by Crippen LogP contribution is 2.23. The lowest BCUT2D eigenvalue weighted by Gasteiger charge is -2.26.